The third-order valence-corrected chi connectivity index (χ3v) is 3.19. The average Bonchev–Trinajstić information content (AvgIpc) is 2.98. The van der Waals surface area contributed by atoms with Gasteiger partial charge in [-0.3, -0.25) is 4.79 Å². The van der Waals surface area contributed by atoms with Gasteiger partial charge in [0.2, 0.25) is 0 Å². The van der Waals surface area contributed by atoms with E-state index in [-0.39, 0.29) is 5.91 Å². The zero-order chi connectivity index (χ0) is 13.3. The van der Waals surface area contributed by atoms with Gasteiger partial charge in [0.15, 0.2) is 5.76 Å². The Labute approximate surface area is 113 Å². The molecule has 0 unspecified atom stereocenters. The van der Waals surface area contributed by atoms with E-state index in [1.54, 1.807) is 12.1 Å². The van der Waals surface area contributed by atoms with Crippen LogP contribution in [0.15, 0.2) is 22.8 Å². The highest BCUT2D eigenvalue weighted by Gasteiger charge is 2.13. The quantitative estimate of drug-likeness (QED) is 0.766. The van der Waals surface area contributed by atoms with E-state index in [1.165, 1.54) is 6.26 Å². The number of amides is 1. The standard InChI is InChI=1S/C14H21NO4/c16-14(13-3-1-8-19-13)15-6-2-7-18-11-12-4-9-17-10-5-12/h1,3,8,12H,2,4-7,9-11H2,(H,15,16). The second kappa shape index (κ2) is 7.96. The van der Waals surface area contributed by atoms with E-state index in [0.717, 1.165) is 39.1 Å². The summed E-state index contributed by atoms with van der Waals surface area (Å²) in [5.74, 6) is 0.809. The van der Waals surface area contributed by atoms with Gasteiger partial charge in [0.25, 0.3) is 5.91 Å². The van der Waals surface area contributed by atoms with Gasteiger partial charge in [0.1, 0.15) is 0 Å². The van der Waals surface area contributed by atoms with Crippen LogP contribution >= 0.6 is 0 Å². The lowest BCUT2D eigenvalue weighted by molar-refractivity contribution is 0.0202. The topological polar surface area (TPSA) is 60.7 Å². The maximum Gasteiger partial charge on any atom is 0.286 e. The Morgan fingerprint density at radius 2 is 2.26 bits per heavy atom. The molecule has 2 heterocycles. The molecule has 0 aromatic carbocycles. The molecule has 1 aromatic rings. The first-order chi connectivity index (χ1) is 9.36. The number of ether oxygens (including phenoxy) is 2. The van der Waals surface area contributed by atoms with Crippen molar-refractivity contribution in [3.63, 3.8) is 0 Å². The summed E-state index contributed by atoms with van der Waals surface area (Å²) in [6, 6.07) is 3.35. The highest BCUT2D eigenvalue weighted by molar-refractivity contribution is 5.91. The van der Waals surface area contributed by atoms with Crippen LogP contribution in [-0.4, -0.2) is 38.9 Å². The fraction of sp³-hybridized carbons (Fsp3) is 0.643. The molecule has 19 heavy (non-hydrogen) atoms. The molecular weight excluding hydrogens is 246 g/mol. The maximum absolute atomic E-state index is 11.5. The molecule has 2 rings (SSSR count). The number of rotatable bonds is 7. The molecule has 1 fully saturated rings. The van der Waals surface area contributed by atoms with Crippen LogP contribution in [0.4, 0.5) is 0 Å². The van der Waals surface area contributed by atoms with Crippen LogP contribution in [0.5, 0.6) is 0 Å². The van der Waals surface area contributed by atoms with E-state index in [1.807, 2.05) is 0 Å². The van der Waals surface area contributed by atoms with Gasteiger partial charge in [0, 0.05) is 33.0 Å². The van der Waals surface area contributed by atoms with E-state index < -0.39 is 0 Å². The third kappa shape index (κ3) is 5.04. The first-order valence-electron chi connectivity index (χ1n) is 6.83. The van der Waals surface area contributed by atoms with Crippen LogP contribution in [0.2, 0.25) is 0 Å². The molecule has 1 N–H and O–H groups in total. The molecule has 1 amide bonds. The van der Waals surface area contributed by atoms with E-state index in [2.05, 4.69) is 5.32 Å². The molecule has 1 aliphatic heterocycles. The van der Waals surface area contributed by atoms with Crippen molar-refractivity contribution in [1.82, 2.24) is 5.32 Å². The minimum absolute atomic E-state index is 0.172. The predicted octanol–water partition coefficient (Wildman–Crippen LogP) is 1.84. The summed E-state index contributed by atoms with van der Waals surface area (Å²) in [7, 11) is 0. The third-order valence-electron chi connectivity index (χ3n) is 3.19. The zero-order valence-corrected chi connectivity index (χ0v) is 11.1. The lowest BCUT2D eigenvalue weighted by Crippen LogP contribution is -2.25. The van der Waals surface area contributed by atoms with E-state index in [0.29, 0.717) is 24.8 Å². The van der Waals surface area contributed by atoms with Gasteiger partial charge in [-0.2, -0.15) is 0 Å². The Hall–Kier alpha value is -1.33. The number of furan rings is 1. The van der Waals surface area contributed by atoms with Crippen molar-refractivity contribution in [1.29, 1.82) is 0 Å². The summed E-state index contributed by atoms with van der Waals surface area (Å²) < 4.78 is 15.9. The van der Waals surface area contributed by atoms with E-state index in [9.17, 15) is 4.79 Å². The number of carbonyl (C=O) groups is 1. The van der Waals surface area contributed by atoms with Gasteiger partial charge in [-0.15, -0.1) is 0 Å². The molecular formula is C14H21NO4. The molecule has 1 aliphatic rings. The predicted molar refractivity (Wildman–Crippen MR) is 70.0 cm³/mol. The fourth-order valence-electron chi connectivity index (χ4n) is 2.03. The Bertz CT molecular complexity index is 358. The largest absolute Gasteiger partial charge is 0.459 e. The summed E-state index contributed by atoms with van der Waals surface area (Å²) >= 11 is 0. The van der Waals surface area contributed by atoms with Crippen molar-refractivity contribution < 1.29 is 18.7 Å². The molecule has 0 atom stereocenters. The first kappa shape index (κ1) is 14.1. The molecule has 1 saturated heterocycles. The second-order valence-electron chi connectivity index (χ2n) is 4.72. The van der Waals surface area contributed by atoms with Gasteiger partial charge in [-0.1, -0.05) is 0 Å². The highest BCUT2D eigenvalue weighted by atomic mass is 16.5. The van der Waals surface area contributed by atoms with Crippen molar-refractivity contribution in [2.75, 3.05) is 33.0 Å². The summed E-state index contributed by atoms with van der Waals surface area (Å²) in [6.45, 7) is 3.79. The van der Waals surface area contributed by atoms with Gasteiger partial charge in [-0.25, -0.2) is 0 Å². The SMILES string of the molecule is O=C(NCCCOCC1CCOCC1)c1ccco1. The fourth-order valence-corrected chi connectivity index (χ4v) is 2.03. The lowest BCUT2D eigenvalue weighted by Gasteiger charge is -2.21. The second-order valence-corrected chi connectivity index (χ2v) is 4.72. The molecule has 5 heteroatoms. The molecule has 0 aliphatic carbocycles. The highest BCUT2D eigenvalue weighted by Crippen LogP contribution is 2.14. The van der Waals surface area contributed by atoms with Crippen molar-refractivity contribution in [3.8, 4) is 0 Å². The van der Waals surface area contributed by atoms with Crippen molar-refractivity contribution >= 4 is 5.91 Å². The van der Waals surface area contributed by atoms with Crippen molar-refractivity contribution in [2.45, 2.75) is 19.3 Å². The van der Waals surface area contributed by atoms with Crippen LogP contribution < -0.4 is 5.32 Å². The van der Waals surface area contributed by atoms with Crippen LogP contribution in [0.1, 0.15) is 29.8 Å². The van der Waals surface area contributed by atoms with Gasteiger partial charge >= 0.3 is 0 Å². The number of hydrogen-bond donors (Lipinski definition) is 1. The average molecular weight is 267 g/mol. The smallest absolute Gasteiger partial charge is 0.286 e. The van der Waals surface area contributed by atoms with Gasteiger partial charge in [0.05, 0.1) is 6.26 Å². The monoisotopic (exact) mass is 267 g/mol. The number of carbonyl (C=O) groups excluding carboxylic acids is 1. The molecule has 0 radical (unpaired) electrons. The van der Waals surface area contributed by atoms with E-state index >= 15 is 0 Å². The van der Waals surface area contributed by atoms with E-state index in [4.69, 9.17) is 13.9 Å². The molecule has 106 valence electrons. The Kier molecular flexibility index (Phi) is 5.91. The molecule has 0 saturated carbocycles. The van der Waals surface area contributed by atoms with Crippen molar-refractivity contribution in [2.24, 2.45) is 5.92 Å². The number of hydrogen-bond acceptors (Lipinski definition) is 4. The summed E-state index contributed by atoms with van der Waals surface area (Å²) in [4.78, 5) is 11.5. The van der Waals surface area contributed by atoms with Gasteiger partial charge < -0.3 is 19.2 Å². The number of nitrogens with one attached hydrogen (secondary N) is 1. The summed E-state index contributed by atoms with van der Waals surface area (Å²) in [6.07, 6.45) is 4.49. The zero-order valence-electron chi connectivity index (χ0n) is 11.1. The normalized spacial score (nSPS) is 16.4. The Morgan fingerprint density at radius 3 is 3.00 bits per heavy atom. The first-order valence-corrected chi connectivity index (χ1v) is 6.83. The van der Waals surface area contributed by atoms with Crippen LogP contribution in [0.25, 0.3) is 0 Å². The van der Waals surface area contributed by atoms with Crippen LogP contribution in [0.3, 0.4) is 0 Å². The summed E-state index contributed by atoms with van der Waals surface area (Å²) in [5, 5.41) is 2.79. The minimum Gasteiger partial charge on any atom is -0.459 e. The van der Waals surface area contributed by atoms with Gasteiger partial charge in [-0.05, 0) is 37.3 Å². The molecule has 0 bridgehead atoms. The lowest BCUT2D eigenvalue weighted by atomic mass is 10.0. The van der Waals surface area contributed by atoms with Crippen molar-refractivity contribution in [3.05, 3.63) is 24.2 Å². The van der Waals surface area contributed by atoms with Crippen LogP contribution in [-0.2, 0) is 9.47 Å². The Morgan fingerprint density at radius 1 is 1.42 bits per heavy atom. The maximum atomic E-state index is 11.5. The molecule has 5 nitrogen and oxygen atoms in total. The van der Waals surface area contributed by atoms with Crippen LogP contribution in [0, 0.1) is 5.92 Å². The molecule has 1 aromatic heterocycles. The summed E-state index contributed by atoms with van der Waals surface area (Å²) in [5.41, 5.74) is 0. The molecule has 0 spiro atoms. The Balaban J connectivity index is 1.47. The minimum atomic E-state index is -0.172.